The van der Waals surface area contributed by atoms with Crippen LogP contribution in [-0.4, -0.2) is 75.0 Å². The van der Waals surface area contributed by atoms with E-state index in [2.05, 4.69) is 15.6 Å². The molecule has 6 N–H and O–H groups in total. The third-order valence-electron chi connectivity index (χ3n) is 4.90. The zero-order valence-corrected chi connectivity index (χ0v) is 17.9. The van der Waals surface area contributed by atoms with E-state index in [9.17, 15) is 24.6 Å². The SMILES string of the molecule is CCNc1ccn([C@@H]2O[C@H](COC(=O)NCCCCCCC(=O)NO)[C@@H](O)[C@@H]2O)c(=O)n1. The molecule has 0 unspecified atom stereocenters. The lowest BCUT2D eigenvalue weighted by Crippen LogP contribution is -2.37. The smallest absolute Gasteiger partial charge is 0.407 e. The molecule has 1 aliphatic heterocycles. The second-order valence-corrected chi connectivity index (χ2v) is 7.30. The van der Waals surface area contributed by atoms with Crippen molar-refractivity contribution in [2.75, 3.05) is 25.0 Å². The number of anilines is 1. The number of alkyl carbamates (subject to hydrolysis) is 1. The summed E-state index contributed by atoms with van der Waals surface area (Å²) < 4.78 is 11.7. The number of hydroxylamine groups is 1. The Morgan fingerprint density at radius 3 is 2.66 bits per heavy atom. The minimum absolute atomic E-state index is 0.241. The summed E-state index contributed by atoms with van der Waals surface area (Å²) in [6, 6.07) is 1.55. The lowest BCUT2D eigenvalue weighted by atomic mass is 10.1. The number of carbonyl (C=O) groups is 2. The molecule has 0 saturated carbocycles. The van der Waals surface area contributed by atoms with E-state index in [4.69, 9.17) is 14.7 Å². The molecule has 0 aromatic carbocycles. The average molecular weight is 457 g/mol. The molecule has 4 atom stereocenters. The van der Waals surface area contributed by atoms with Crippen molar-refractivity contribution in [1.82, 2.24) is 20.3 Å². The zero-order valence-electron chi connectivity index (χ0n) is 17.9. The number of nitrogens with one attached hydrogen (secondary N) is 3. The molecule has 2 rings (SSSR count). The number of rotatable bonds is 12. The summed E-state index contributed by atoms with van der Waals surface area (Å²) >= 11 is 0. The van der Waals surface area contributed by atoms with Gasteiger partial charge in [0, 0.05) is 25.7 Å². The van der Waals surface area contributed by atoms with Crippen LogP contribution in [0.3, 0.4) is 0 Å². The number of carbonyl (C=O) groups excluding carboxylic acids is 2. The summed E-state index contributed by atoms with van der Waals surface area (Å²) in [6.07, 6.45) is -1.12. The molecule has 0 radical (unpaired) electrons. The van der Waals surface area contributed by atoms with Crippen molar-refractivity contribution in [3.63, 3.8) is 0 Å². The second kappa shape index (κ2) is 13.0. The van der Waals surface area contributed by atoms with Crippen LogP contribution in [0.2, 0.25) is 0 Å². The van der Waals surface area contributed by atoms with Gasteiger partial charge in [0.1, 0.15) is 30.7 Å². The van der Waals surface area contributed by atoms with Gasteiger partial charge in [-0.1, -0.05) is 12.8 Å². The fraction of sp³-hybridized carbons (Fsp3) is 0.684. The van der Waals surface area contributed by atoms with E-state index in [1.807, 2.05) is 6.92 Å². The second-order valence-electron chi connectivity index (χ2n) is 7.30. The molecule has 1 aromatic rings. The predicted molar refractivity (Wildman–Crippen MR) is 111 cm³/mol. The maximum absolute atomic E-state index is 12.2. The van der Waals surface area contributed by atoms with E-state index in [-0.39, 0.29) is 13.0 Å². The Kier molecular flexibility index (Phi) is 10.3. The summed E-state index contributed by atoms with van der Waals surface area (Å²) in [6.45, 7) is 2.50. The van der Waals surface area contributed by atoms with Crippen molar-refractivity contribution in [2.45, 2.75) is 63.6 Å². The minimum Gasteiger partial charge on any atom is -0.447 e. The zero-order chi connectivity index (χ0) is 23.5. The van der Waals surface area contributed by atoms with Crippen molar-refractivity contribution in [1.29, 1.82) is 0 Å². The first-order valence-corrected chi connectivity index (χ1v) is 10.6. The lowest BCUT2D eigenvalue weighted by molar-refractivity contribution is -0.129. The molecule has 1 aromatic heterocycles. The first-order chi connectivity index (χ1) is 15.4. The van der Waals surface area contributed by atoms with Gasteiger partial charge in [0.2, 0.25) is 5.91 Å². The Balaban J connectivity index is 1.72. The number of aliphatic hydroxyl groups excluding tert-OH is 2. The Morgan fingerprint density at radius 2 is 1.97 bits per heavy atom. The van der Waals surface area contributed by atoms with Crippen molar-refractivity contribution in [2.24, 2.45) is 0 Å². The van der Waals surface area contributed by atoms with E-state index in [0.717, 1.165) is 17.4 Å². The molecule has 2 amide bonds. The van der Waals surface area contributed by atoms with Crippen LogP contribution in [-0.2, 0) is 14.3 Å². The Morgan fingerprint density at radius 1 is 1.22 bits per heavy atom. The molecule has 0 spiro atoms. The first kappa shape index (κ1) is 25.5. The molecule has 1 aliphatic rings. The summed E-state index contributed by atoms with van der Waals surface area (Å²) in [5, 5.41) is 34.3. The summed E-state index contributed by atoms with van der Waals surface area (Å²) in [4.78, 5) is 38.7. The number of hydrogen-bond acceptors (Lipinski definition) is 10. The molecule has 0 bridgehead atoms. The van der Waals surface area contributed by atoms with Gasteiger partial charge in [-0.3, -0.25) is 14.6 Å². The van der Waals surface area contributed by atoms with Crippen LogP contribution in [0.4, 0.5) is 10.6 Å². The van der Waals surface area contributed by atoms with Crippen LogP contribution in [0.15, 0.2) is 17.1 Å². The normalized spacial score (nSPS) is 22.4. The fourth-order valence-corrected chi connectivity index (χ4v) is 3.20. The summed E-state index contributed by atoms with van der Waals surface area (Å²) in [7, 11) is 0. The van der Waals surface area contributed by atoms with E-state index in [1.165, 1.54) is 6.20 Å². The van der Waals surface area contributed by atoms with Gasteiger partial charge in [-0.05, 0) is 25.8 Å². The fourth-order valence-electron chi connectivity index (χ4n) is 3.20. The van der Waals surface area contributed by atoms with Crippen molar-refractivity contribution in [3.8, 4) is 0 Å². The topological polar surface area (TPSA) is 184 Å². The van der Waals surface area contributed by atoms with E-state index < -0.39 is 42.2 Å². The molecular weight excluding hydrogens is 426 g/mol. The summed E-state index contributed by atoms with van der Waals surface area (Å²) in [5.41, 5.74) is 0.911. The van der Waals surface area contributed by atoms with Crippen molar-refractivity contribution in [3.05, 3.63) is 22.7 Å². The number of hydrogen-bond donors (Lipinski definition) is 6. The van der Waals surface area contributed by atoms with Gasteiger partial charge >= 0.3 is 11.8 Å². The van der Waals surface area contributed by atoms with Crippen LogP contribution >= 0.6 is 0 Å². The van der Waals surface area contributed by atoms with Crippen LogP contribution < -0.4 is 21.8 Å². The van der Waals surface area contributed by atoms with Gasteiger partial charge in [0.15, 0.2) is 6.23 Å². The van der Waals surface area contributed by atoms with Crippen LogP contribution in [0.1, 0.15) is 45.3 Å². The third kappa shape index (κ3) is 7.44. The number of nitrogens with zero attached hydrogens (tertiary/aromatic N) is 2. The van der Waals surface area contributed by atoms with Gasteiger partial charge < -0.3 is 30.3 Å². The molecule has 180 valence electrons. The Hall–Kier alpha value is -2.74. The maximum atomic E-state index is 12.2. The van der Waals surface area contributed by atoms with Gasteiger partial charge in [-0.25, -0.2) is 15.1 Å². The minimum atomic E-state index is -1.40. The number of unbranched alkanes of at least 4 members (excludes halogenated alkanes) is 3. The average Bonchev–Trinajstić information content (AvgIpc) is 3.05. The number of aromatic nitrogens is 2. The molecule has 32 heavy (non-hydrogen) atoms. The first-order valence-electron chi connectivity index (χ1n) is 10.6. The van der Waals surface area contributed by atoms with Crippen LogP contribution in [0, 0.1) is 0 Å². The molecule has 13 heteroatoms. The highest BCUT2D eigenvalue weighted by atomic mass is 16.6. The maximum Gasteiger partial charge on any atom is 0.407 e. The van der Waals surface area contributed by atoms with Crippen molar-refractivity contribution < 1.29 is 34.5 Å². The molecule has 2 heterocycles. The van der Waals surface area contributed by atoms with Crippen LogP contribution in [0.25, 0.3) is 0 Å². The molecule has 1 fully saturated rings. The van der Waals surface area contributed by atoms with E-state index >= 15 is 0 Å². The Labute approximate surface area is 184 Å². The van der Waals surface area contributed by atoms with Gasteiger partial charge in [0.05, 0.1) is 0 Å². The highest BCUT2D eigenvalue weighted by molar-refractivity contribution is 5.74. The lowest BCUT2D eigenvalue weighted by Gasteiger charge is -2.17. The van der Waals surface area contributed by atoms with Crippen LogP contribution in [0.5, 0.6) is 0 Å². The number of amides is 2. The quantitative estimate of drug-likeness (QED) is 0.135. The molecule has 1 saturated heterocycles. The third-order valence-corrected chi connectivity index (χ3v) is 4.90. The highest BCUT2D eigenvalue weighted by Gasteiger charge is 2.44. The predicted octanol–water partition coefficient (Wildman–Crippen LogP) is -0.524. The van der Waals surface area contributed by atoms with Gasteiger partial charge in [0.25, 0.3) is 0 Å². The monoisotopic (exact) mass is 457 g/mol. The van der Waals surface area contributed by atoms with Gasteiger partial charge in [-0.2, -0.15) is 4.98 Å². The highest BCUT2D eigenvalue weighted by Crippen LogP contribution is 2.28. The van der Waals surface area contributed by atoms with Gasteiger partial charge in [-0.15, -0.1) is 0 Å². The standard InChI is InChI=1S/C19H31N5O8/c1-2-20-13-8-10-24(18(28)22-13)17-16(27)15(26)12(32-17)11-31-19(29)21-9-6-4-3-5-7-14(25)23-30/h8,10,12,15-17,26-27,30H,2-7,9,11H2,1H3,(H,21,29)(H,23,25)(H,20,22,28)/t12-,15-,16+,17-/m1/s1. The molecule has 0 aliphatic carbocycles. The van der Waals surface area contributed by atoms with E-state index in [0.29, 0.717) is 31.7 Å². The number of aliphatic hydroxyl groups is 2. The molecule has 13 nitrogen and oxygen atoms in total. The molecular formula is C19H31N5O8. The largest absolute Gasteiger partial charge is 0.447 e. The Bertz CT molecular complexity index is 804. The van der Waals surface area contributed by atoms with E-state index in [1.54, 1.807) is 11.5 Å². The number of ether oxygens (including phenoxy) is 2. The summed E-state index contributed by atoms with van der Waals surface area (Å²) in [5.74, 6) is -0.0453. The van der Waals surface area contributed by atoms with Crippen molar-refractivity contribution >= 4 is 17.8 Å².